The molecule has 0 aliphatic carbocycles. The van der Waals surface area contributed by atoms with Crippen molar-refractivity contribution < 1.29 is 0 Å². The molecule has 2 aromatic heterocycles. The normalized spacial score (nSPS) is 8.00. The zero-order chi connectivity index (χ0) is 11.3. The van der Waals surface area contributed by atoms with Crippen molar-refractivity contribution in [3.8, 4) is 0 Å². The number of hydrogen-bond acceptors (Lipinski definition) is 1. The maximum atomic E-state index is 3.67. The number of nitrogens with one attached hydrogen (secondary N) is 2. The van der Waals surface area contributed by atoms with Crippen LogP contribution in [0.25, 0.3) is 0 Å². The van der Waals surface area contributed by atoms with Gasteiger partial charge in [-0.3, -0.25) is 0 Å². The molecule has 2 N–H and O–H groups in total. The van der Waals surface area contributed by atoms with Crippen LogP contribution in [0.5, 0.6) is 0 Å². The third-order valence-corrected chi connectivity index (χ3v) is 1.57. The van der Waals surface area contributed by atoms with Crippen molar-refractivity contribution in [1.82, 2.24) is 15.0 Å². The number of aromatic nitrogens is 3. The number of aromatic amines is 2. The average Bonchev–Trinajstić information content (AvgIpc) is 3.10. The van der Waals surface area contributed by atoms with Crippen LogP contribution in [0.15, 0.2) is 79.6 Å². The molecule has 0 atom stereocenters. The first kappa shape index (κ1) is 11.8. The highest BCUT2D eigenvalue weighted by Crippen LogP contribution is 1.79. The van der Waals surface area contributed by atoms with Gasteiger partial charge in [0.15, 0.2) is 0 Å². The Hall–Kier alpha value is -2.29. The predicted molar refractivity (Wildman–Crippen MR) is 65.8 cm³/mol. The zero-order valence-corrected chi connectivity index (χ0v) is 8.95. The Morgan fingerprint density at radius 2 is 1.12 bits per heavy atom. The van der Waals surface area contributed by atoms with Crippen LogP contribution in [-0.2, 0) is 0 Å². The Kier molecular flexibility index (Phi) is 6.83. The minimum absolute atomic E-state index is 1.62. The Labute approximate surface area is 95.2 Å². The summed E-state index contributed by atoms with van der Waals surface area (Å²) in [5, 5.41) is 0. The van der Waals surface area contributed by atoms with Crippen molar-refractivity contribution in [2.75, 3.05) is 0 Å². The monoisotopic (exact) mass is 213 g/mol. The van der Waals surface area contributed by atoms with Crippen molar-refractivity contribution in [2.24, 2.45) is 0 Å². The summed E-state index contributed by atoms with van der Waals surface area (Å²) >= 11 is 0. The molecule has 0 bridgehead atoms. The quantitative estimate of drug-likeness (QED) is 0.592. The lowest BCUT2D eigenvalue weighted by atomic mass is 10.4. The molecule has 0 aliphatic rings. The molecule has 2 heterocycles. The van der Waals surface area contributed by atoms with Gasteiger partial charge in [-0.15, -0.1) is 0 Å². The van der Waals surface area contributed by atoms with E-state index < -0.39 is 0 Å². The van der Waals surface area contributed by atoms with Crippen molar-refractivity contribution >= 4 is 0 Å². The summed E-state index contributed by atoms with van der Waals surface area (Å²) in [5.41, 5.74) is 0. The second-order valence-corrected chi connectivity index (χ2v) is 2.80. The van der Waals surface area contributed by atoms with Crippen LogP contribution in [0.1, 0.15) is 0 Å². The molecule has 3 aromatic rings. The molecule has 3 heteroatoms. The van der Waals surface area contributed by atoms with Crippen LogP contribution in [0, 0.1) is 0 Å². The average molecular weight is 213 g/mol. The molecule has 0 saturated carbocycles. The zero-order valence-electron chi connectivity index (χ0n) is 8.95. The fraction of sp³-hybridized carbons (Fsp3) is 0. The van der Waals surface area contributed by atoms with Crippen LogP contribution < -0.4 is 0 Å². The molecule has 3 rings (SSSR count). The van der Waals surface area contributed by atoms with Gasteiger partial charge in [0, 0.05) is 24.8 Å². The molecule has 0 amide bonds. The lowest BCUT2D eigenvalue weighted by Gasteiger charge is -1.69. The molecule has 0 fully saturated rings. The SMILES string of the molecule is c1c[nH]cn1.c1cc[nH]c1.c1ccccc1. The van der Waals surface area contributed by atoms with E-state index in [2.05, 4.69) is 15.0 Å². The number of nitrogens with zero attached hydrogens (tertiary/aromatic N) is 1. The first-order valence-corrected chi connectivity index (χ1v) is 5.00. The van der Waals surface area contributed by atoms with Crippen LogP contribution in [-0.4, -0.2) is 15.0 Å². The highest BCUT2D eigenvalue weighted by molar-refractivity contribution is 4.99. The van der Waals surface area contributed by atoms with Crippen molar-refractivity contribution in [1.29, 1.82) is 0 Å². The van der Waals surface area contributed by atoms with Crippen molar-refractivity contribution in [3.63, 3.8) is 0 Å². The van der Waals surface area contributed by atoms with Gasteiger partial charge in [0.2, 0.25) is 0 Å². The van der Waals surface area contributed by atoms with E-state index in [1.165, 1.54) is 0 Å². The van der Waals surface area contributed by atoms with Gasteiger partial charge >= 0.3 is 0 Å². The third-order valence-electron chi connectivity index (χ3n) is 1.57. The summed E-state index contributed by atoms with van der Waals surface area (Å²) in [5.74, 6) is 0. The van der Waals surface area contributed by atoms with Gasteiger partial charge in [0.25, 0.3) is 0 Å². The minimum atomic E-state index is 1.62. The highest BCUT2D eigenvalue weighted by atomic mass is 14.8. The maximum Gasteiger partial charge on any atom is 0.0919 e. The van der Waals surface area contributed by atoms with Crippen LogP contribution >= 0.6 is 0 Å². The van der Waals surface area contributed by atoms with E-state index in [0.29, 0.717) is 0 Å². The Morgan fingerprint density at radius 3 is 1.31 bits per heavy atom. The van der Waals surface area contributed by atoms with Crippen LogP contribution in [0.4, 0.5) is 0 Å². The summed E-state index contributed by atoms with van der Waals surface area (Å²) < 4.78 is 0. The molecule has 1 aromatic carbocycles. The summed E-state index contributed by atoms with van der Waals surface area (Å²) in [6, 6.07) is 15.9. The van der Waals surface area contributed by atoms with E-state index in [0.717, 1.165) is 0 Å². The molecule has 3 nitrogen and oxygen atoms in total. The molecular weight excluding hydrogens is 198 g/mol. The molecule has 0 spiro atoms. The Bertz CT molecular complexity index is 303. The molecule has 16 heavy (non-hydrogen) atoms. The number of H-pyrrole nitrogens is 2. The molecule has 0 unspecified atom stereocenters. The number of imidazole rings is 1. The van der Waals surface area contributed by atoms with Crippen molar-refractivity contribution in [2.45, 2.75) is 0 Å². The molecular formula is C13H15N3. The standard InChI is InChI=1S/C6H6.C4H5N.C3H4N2/c1-2-4-6-5-3-1;1-2-4-5-3-1;1-2-5-3-4-1/h1-6H;1-5H;1-3H,(H,4,5). The van der Waals surface area contributed by atoms with Gasteiger partial charge < -0.3 is 9.97 Å². The number of rotatable bonds is 0. The Balaban J connectivity index is 0.000000121. The van der Waals surface area contributed by atoms with E-state index in [9.17, 15) is 0 Å². The van der Waals surface area contributed by atoms with Crippen LogP contribution in [0.3, 0.4) is 0 Å². The molecule has 0 saturated heterocycles. The molecule has 82 valence electrons. The molecule has 0 aliphatic heterocycles. The smallest absolute Gasteiger partial charge is 0.0919 e. The number of benzene rings is 1. The second kappa shape index (κ2) is 9.27. The van der Waals surface area contributed by atoms with Crippen LogP contribution in [0.2, 0.25) is 0 Å². The van der Waals surface area contributed by atoms with E-state index in [1.807, 2.05) is 60.9 Å². The van der Waals surface area contributed by atoms with Crippen molar-refractivity contribution in [3.05, 3.63) is 79.6 Å². The first-order valence-electron chi connectivity index (χ1n) is 5.00. The van der Waals surface area contributed by atoms with Gasteiger partial charge in [-0.05, 0) is 12.1 Å². The minimum Gasteiger partial charge on any atom is -0.368 e. The summed E-state index contributed by atoms with van der Waals surface area (Å²) in [7, 11) is 0. The predicted octanol–water partition coefficient (Wildman–Crippen LogP) is 3.11. The summed E-state index contributed by atoms with van der Waals surface area (Å²) in [6.45, 7) is 0. The van der Waals surface area contributed by atoms with Gasteiger partial charge in [-0.2, -0.15) is 0 Å². The highest BCUT2D eigenvalue weighted by Gasteiger charge is 1.58. The van der Waals surface area contributed by atoms with E-state index >= 15 is 0 Å². The number of hydrogen-bond donors (Lipinski definition) is 2. The summed E-state index contributed by atoms with van der Waals surface area (Å²) in [4.78, 5) is 9.28. The molecule has 0 radical (unpaired) electrons. The second-order valence-electron chi connectivity index (χ2n) is 2.80. The largest absolute Gasteiger partial charge is 0.368 e. The Morgan fingerprint density at radius 1 is 0.562 bits per heavy atom. The fourth-order valence-corrected chi connectivity index (χ4v) is 0.878. The van der Waals surface area contributed by atoms with Gasteiger partial charge in [-0.25, -0.2) is 4.98 Å². The van der Waals surface area contributed by atoms with E-state index in [1.54, 1.807) is 18.7 Å². The summed E-state index contributed by atoms with van der Waals surface area (Å²) in [6.07, 6.45) is 8.83. The third kappa shape index (κ3) is 7.15. The van der Waals surface area contributed by atoms with E-state index in [4.69, 9.17) is 0 Å². The van der Waals surface area contributed by atoms with Gasteiger partial charge in [-0.1, -0.05) is 36.4 Å². The topological polar surface area (TPSA) is 44.5 Å². The van der Waals surface area contributed by atoms with Gasteiger partial charge in [0.05, 0.1) is 6.33 Å². The van der Waals surface area contributed by atoms with E-state index in [-0.39, 0.29) is 0 Å². The fourth-order valence-electron chi connectivity index (χ4n) is 0.878. The first-order chi connectivity index (χ1) is 8.00. The maximum absolute atomic E-state index is 3.67. The lowest BCUT2D eigenvalue weighted by molar-refractivity contribution is 1.31. The lowest BCUT2D eigenvalue weighted by Crippen LogP contribution is -1.47. The van der Waals surface area contributed by atoms with Gasteiger partial charge in [0.1, 0.15) is 0 Å².